The number of hydrogen-bond acceptors (Lipinski definition) is 2. The Balaban J connectivity index is 1.54. The maximum Gasteiger partial charge on any atom is 0.242 e. The van der Waals surface area contributed by atoms with Crippen LogP contribution in [0.2, 0.25) is 0 Å². The van der Waals surface area contributed by atoms with Gasteiger partial charge in [-0.3, -0.25) is 20.4 Å². The summed E-state index contributed by atoms with van der Waals surface area (Å²) in [4.78, 5) is 27.1. The smallest absolute Gasteiger partial charge is 0.242 e. The normalized spacial score (nSPS) is 10.5. The fraction of sp³-hybridized carbons (Fsp3) is 0.158. The molecule has 122 valence electrons. The van der Waals surface area contributed by atoms with Crippen molar-refractivity contribution >= 4 is 22.7 Å². The van der Waals surface area contributed by atoms with Crippen LogP contribution in [-0.2, 0) is 22.4 Å². The fourth-order valence-electron chi connectivity index (χ4n) is 2.66. The molecule has 0 fully saturated rings. The zero-order valence-corrected chi connectivity index (χ0v) is 13.4. The fourth-order valence-corrected chi connectivity index (χ4v) is 2.66. The van der Waals surface area contributed by atoms with Crippen LogP contribution >= 0.6 is 0 Å². The second kappa shape index (κ2) is 7.00. The molecule has 0 unspecified atom stereocenters. The Bertz CT molecular complexity index is 883. The van der Waals surface area contributed by atoms with E-state index in [4.69, 9.17) is 0 Å². The van der Waals surface area contributed by atoms with E-state index in [0.717, 1.165) is 27.6 Å². The van der Waals surface area contributed by atoms with Gasteiger partial charge in [0.05, 0.1) is 12.8 Å². The predicted octanol–water partition coefficient (Wildman–Crippen LogP) is 2.41. The average molecular weight is 321 g/mol. The number of benzene rings is 2. The largest absolute Gasteiger partial charge is 0.361 e. The molecule has 2 aromatic carbocycles. The molecule has 3 aromatic rings. The molecule has 1 heterocycles. The van der Waals surface area contributed by atoms with Crippen LogP contribution in [0.25, 0.3) is 10.9 Å². The molecule has 0 aliphatic rings. The zero-order valence-electron chi connectivity index (χ0n) is 13.4. The highest BCUT2D eigenvalue weighted by Crippen LogP contribution is 2.17. The van der Waals surface area contributed by atoms with Gasteiger partial charge in [-0.15, -0.1) is 0 Å². The number of amides is 2. The monoisotopic (exact) mass is 321 g/mol. The molecule has 3 N–H and O–H groups in total. The third-order valence-electron chi connectivity index (χ3n) is 3.98. The van der Waals surface area contributed by atoms with E-state index in [1.54, 1.807) is 0 Å². The van der Waals surface area contributed by atoms with Crippen LogP contribution < -0.4 is 10.9 Å². The first kappa shape index (κ1) is 15.8. The van der Waals surface area contributed by atoms with Gasteiger partial charge in [0.25, 0.3) is 0 Å². The number of nitrogens with one attached hydrogen (secondary N) is 3. The molecular weight excluding hydrogens is 302 g/mol. The standard InChI is InChI=1S/C19H19N3O2/c1-13-6-2-3-7-14(13)10-18(23)21-22-19(24)11-15-12-20-17-9-5-4-8-16(15)17/h2-9,12,20H,10-11H2,1H3,(H,21,23)(H,22,24). The highest BCUT2D eigenvalue weighted by Gasteiger charge is 2.10. The molecule has 5 nitrogen and oxygen atoms in total. The van der Waals surface area contributed by atoms with E-state index in [2.05, 4.69) is 15.8 Å². The Morgan fingerprint density at radius 3 is 2.25 bits per heavy atom. The summed E-state index contributed by atoms with van der Waals surface area (Å²) in [5, 5.41) is 1.01. The van der Waals surface area contributed by atoms with Crippen LogP contribution in [0.3, 0.4) is 0 Å². The van der Waals surface area contributed by atoms with Crippen LogP contribution in [0.4, 0.5) is 0 Å². The summed E-state index contributed by atoms with van der Waals surface area (Å²) in [6.45, 7) is 1.96. The Hall–Kier alpha value is -3.08. The van der Waals surface area contributed by atoms with Gasteiger partial charge in [-0.2, -0.15) is 0 Å². The Labute approximate surface area is 140 Å². The van der Waals surface area contributed by atoms with Gasteiger partial charge in [-0.25, -0.2) is 0 Å². The van der Waals surface area contributed by atoms with E-state index >= 15 is 0 Å². The molecule has 0 spiro atoms. The van der Waals surface area contributed by atoms with E-state index in [0.29, 0.717) is 0 Å². The Kier molecular flexibility index (Phi) is 4.61. The van der Waals surface area contributed by atoms with Gasteiger partial charge in [-0.1, -0.05) is 42.5 Å². The van der Waals surface area contributed by atoms with Gasteiger partial charge >= 0.3 is 0 Å². The quantitative estimate of drug-likeness (QED) is 0.646. The molecule has 0 bridgehead atoms. The number of carbonyl (C=O) groups excluding carboxylic acids is 2. The lowest BCUT2D eigenvalue weighted by Gasteiger charge is -2.08. The number of rotatable bonds is 4. The van der Waals surface area contributed by atoms with E-state index in [-0.39, 0.29) is 24.7 Å². The van der Waals surface area contributed by atoms with Crippen molar-refractivity contribution in [3.8, 4) is 0 Å². The minimum absolute atomic E-state index is 0.203. The molecule has 2 amide bonds. The summed E-state index contributed by atoms with van der Waals surface area (Å²) in [5.74, 6) is -0.491. The maximum absolute atomic E-state index is 12.0. The van der Waals surface area contributed by atoms with E-state index in [1.807, 2.05) is 61.7 Å². The maximum atomic E-state index is 12.0. The number of hydrazine groups is 1. The van der Waals surface area contributed by atoms with Crippen molar-refractivity contribution in [2.45, 2.75) is 19.8 Å². The van der Waals surface area contributed by atoms with Crippen LogP contribution in [0.5, 0.6) is 0 Å². The van der Waals surface area contributed by atoms with Crippen LogP contribution in [0.15, 0.2) is 54.7 Å². The summed E-state index contributed by atoms with van der Waals surface area (Å²) >= 11 is 0. The van der Waals surface area contributed by atoms with E-state index < -0.39 is 0 Å². The number of hydrogen-bond donors (Lipinski definition) is 3. The highest BCUT2D eigenvalue weighted by atomic mass is 16.2. The number of para-hydroxylation sites is 1. The molecule has 5 heteroatoms. The van der Waals surface area contributed by atoms with Crippen molar-refractivity contribution in [2.75, 3.05) is 0 Å². The van der Waals surface area contributed by atoms with Gasteiger partial charge < -0.3 is 4.98 Å². The number of fused-ring (bicyclic) bond motifs is 1. The van der Waals surface area contributed by atoms with Crippen LogP contribution in [0.1, 0.15) is 16.7 Å². The van der Waals surface area contributed by atoms with Crippen molar-refractivity contribution in [1.82, 2.24) is 15.8 Å². The van der Waals surface area contributed by atoms with E-state index in [9.17, 15) is 9.59 Å². The number of carbonyl (C=O) groups is 2. The molecule has 0 aliphatic heterocycles. The SMILES string of the molecule is Cc1ccccc1CC(=O)NNC(=O)Cc1c[nH]c2ccccc12. The summed E-state index contributed by atoms with van der Waals surface area (Å²) in [6, 6.07) is 15.5. The molecule has 0 saturated carbocycles. The second-order valence-corrected chi connectivity index (χ2v) is 5.74. The molecule has 0 saturated heterocycles. The molecule has 3 rings (SSSR count). The summed E-state index contributed by atoms with van der Waals surface area (Å²) in [6.07, 6.45) is 2.26. The van der Waals surface area contributed by atoms with Crippen molar-refractivity contribution < 1.29 is 9.59 Å². The Morgan fingerprint density at radius 1 is 0.875 bits per heavy atom. The minimum Gasteiger partial charge on any atom is -0.361 e. The first-order valence-corrected chi connectivity index (χ1v) is 7.80. The van der Waals surface area contributed by atoms with Crippen molar-refractivity contribution in [3.05, 3.63) is 71.4 Å². The van der Waals surface area contributed by atoms with Crippen molar-refractivity contribution in [2.24, 2.45) is 0 Å². The lowest BCUT2D eigenvalue weighted by atomic mass is 10.1. The number of aromatic nitrogens is 1. The summed E-state index contributed by atoms with van der Waals surface area (Å²) < 4.78 is 0. The first-order valence-electron chi connectivity index (χ1n) is 7.80. The first-order chi connectivity index (χ1) is 11.6. The Morgan fingerprint density at radius 2 is 1.50 bits per heavy atom. The number of aromatic amines is 1. The predicted molar refractivity (Wildman–Crippen MR) is 93.2 cm³/mol. The third kappa shape index (κ3) is 3.63. The van der Waals surface area contributed by atoms with Crippen molar-refractivity contribution in [3.63, 3.8) is 0 Å². The van der Waals surface area contributed by atoms with Crippen LogP contribution in [-0.4, -0.2) is 16.8 Å². The van der Waals surface area contributed by atoms with Crippen molar-refractivity contribution in [1.29, 1.82) is 0 Å². The van der Waals surface area contributed by atoms with Crippen LogP contribution in [0, 0.1) is 6.92 Å². The van der Waals surface area contributed by atoms with E-state index in [1.165, 1.54) is 0 Å². The average Bonchev–Trinajstić information content (AvgIpc) is 2.98. The molecule has 24 heavy (non-hydrogen) atoms. The second-order valence-electron chi connectivity index (χ2n) is 5.74. The molecule has 0 aliphatic carbocycles. The molecule has 0 atom stereocenters. The third-order valence-corrected chi connectivity index (χ3v) is 3.98. The molecule has 1 aromatic heterocycles. The molecular formula is C19H19N3O2. The van der Waals surface area contributed by atoms with Gasteiger partial charge in [0.1, 0.15) is 0 Å². The summed E-state index contributed by atoms with van der Waals surface area (Å²) in [7, 11) is 0. The summed E-state index contributed by atoms with van der Waals surface area (Å²) in [5.41, 5.74) is 8.83. The minimum atomic E-state index is -0.252. The van der Waals surface area contributed by atoms with Gasteiger partial charge in [0.2, 0.25) is 11.8 Å². The lowest BCUT2D eigenvalue weighted by molar-refractivity contribution is -0.128. The van der Waals surface area contributed by atoms with Gasteiger partial charge in [-0.05, 0) is 29.7 Å². The number of H-pyrrole nitrogens is 1. The molecule has 0 radical (unpaired) electrons. The number of aryl methyl sites for hydroxylation is 1. The highest BCUT2D eigenvalue weighted by molar-refractivity contribution is 5.90. The lowest BCUT2D eigenvalue weighted by Crippen LogP contribution is -2.43. The van der Waals surface area contributed by atoms with Gasteiger partial charge in [0.15, 0.2) is 0 Å². The zero-order chi connectivity index (χ0) is 16.9. The topological polar surface area (TPSA) is 74.0 Å². The van der Waals surface area contributed by atoms with Gasteiger partial charge in [0, 0.05) is 17.1 Å².